The third-order valence-corrected chi connectivity index (χ3v) is 3.53. The van der Waals surface area contributed by atoms with Crippen LogP contribution in [0.25, 0.3) is 0 Å². The van der Waals surface area contributed by atoms with Crippen LogP contribution in [-0.4, -0.2) is 42.4 Å². The van der Waals surface area contributed by atoms with Crippen molar-refractivity contribution >= 4 is 11.6 Å². The van der Waals surface area contributed by atoms with Crippen molar-refractivity contribution in [1.29, 1.82) is 0 Å². The maximum absolute atomic E-state index is 13.3. The average molecular weight is 299 g/mol. The number of likely N-dealkylation sites (tertiary alicyclic amines) is 1. The van der Waals surface area contributed by atoms with E-state index in [4.69, 9.17) is 0 Å². The number of amides is 1. The molecule has 6 nitrogen and oxygen atoms in total. The third-order valence-electron chi connectivity index (χ3n) is 3.53. The maximum atomic E-state index is 13.3. The van der Waals surface area contributed by atoms with Crippen LogP contribution in [0.15, 0.2) is 12.1 Å². The fourth-order valence-electron chi connectivity index (χ4n) is 2.50. The summed E-state index contributed by atoms with van der Waals surface area (Å²) in [5.74, 6) is -3.00. The van der Waals surface area contributed by atoms with Crippen LogP contribution >= 0.6 is 0 Å². The second-order valence-corrected chi connectivity index (χ2v) is 5.00. The molecule has 1 amide bonds. The van der Waals surface area contributed by atoms with Crippen molar-refractivity contribution in [3.8, 4) is 0 Å². The summed E-state index contributed by atoms with van der Waals surface area (Å²) in [4.78, 5) is 23.8. The van der Waals surface area contributed by atoms with Crippen LogP contribution in [-0.2, 0) is 0 Å². The predicted octanol–water partition coefficient (Wildman–Crippen LogP) is 1.55. The molecule has 1 unspecified atom stereocenters. The largest absolute Gasteiger partial charge is 0.338 e. The van der Waals surface area contributed by atoms with Crippen LogP contribution < -0.4 is 5.32 Å². The second kappa shape index (κ2) is 6.13. The van der Waals surface area contributed by atoms with Gasteiger partial charge < -0.3 is 10.2 Å². The molecule has 1 saturated heterocycles. The van der Waals surface area contributed by atoms with E-state index in [9.17, 15) is 23.7 Å². The predicted molar refractivity (Wildman–Crippen MR) is 70.9 cm³/mol. The van der Waals surface area contributed by atoms with E-state index >= 15 is 0 Å². The molecule has 1 atom stereocenters. The lowest BCUT2D eigenvalue weighted by Gasteiger charge is -2.16. The molecule has 1 aliphatic heterocycles. The molecule has 0 saturated carbocycles. The molecule has 0 aromatic heterocycles. The van der Waals surface area contributed by atoms with Crippen LogP contribution in [0.2, 0.25) is 0 Å². The zero-order valence-corrected chi connectivity index (χ0v) is 11.4. The molecule has 1 heterocycles. The number of carbonyl (C=O) groups excluding carboxylic acids is 1. The SMILES string of the molecule is CNCC1CCN(C(=O)c2cc(F)c(F)cc2[N+](=O)[O-])C1. The van der Waals surface area contributed by atoms with Gasteiger partial charge in [0.15, 0.2) is 11.6 Å². The van der Waals surface area contributed by atoms with Crippen molar-refractivity contribution in [1.82, 2.24) is 10.2 Å². The van der Waals surface area contributed by atoms with Gasteiger partial charge >= 0.3 is 0 Å². The Bertz CT molecular complexity index is 580. The molecule has 1 N–H and O–H groups in total. The third kappa shape index (κ3) is 3.15. The summed E-state index contributed by atoms with van der Waals surface area (Å²) in [6, 6.07) is 1.05. The van der Waals surface area contributed by atoms with Crippen molar-refractivity contribution < 1.29 is 18.5 Å². The van der Waals surface area contributed by atoms with Crippen LogP contribution in [0.3, 0.4) is 0 Å². The number of nitrogens with one attached hydrogen (secondary N) is 1. The molecule has 1 aromatic carbocycles. The Balaban J connectivity index is 2.27. The topological polar surface area (TPSA) is 75.5 Å². The van der Waals surface area contributed by atoms with E-state index in [2.05, 4.69) is 5.32 Å². The van der Waals surface area contributed by atoms with Crippen LogP contribution in [0.5, 0.6) is 0 Å². The Labute approximate surface area is 119 Å². The van der Waals surface area contributed by atoms with Crippen LogP contribution in [0, 0.1) is 27.7 Å². The highest BCUT2D eigenvalue weighted by Gasteiger charge is 2.31. The lowest BCUT2D eigenvalue weighted by atomic mass is 10.1. The average Bonchev–Trinajstić information content (AvgIpc) is 2.89. The van der Waals surface area contributed by atoms with Crippen molar-refractivity contribution in [2.75, 3.05) is 26.7 Å². The van der Waals surface area contributed by atoms with Gasteiger partial charge in [-0.15, -0.1) is 0 Å². The molecule has 1 aromatic rings. The highest BCUT2D eigenvalue weighted by Crippen LogP contribution is 2.26. The molecule has 2 rings (SSSR count). The molecule has 21 heavy (non-hydrogen) atoms. The van der Waals surface area contributed by atoms with Gasteiger partial charge in [-0.05, 0) is 32.0 Å². The van der Waals surface area contributed by atoms with Crippen molar-refractivity contribution in [3.05, 3.63) is 39.4 Å². The number of rotatable bonds is 4. The number of nitro benzene ring substituents is 1. The van der Waals surface area contributed by atoms with E-state index in [-0.39, 0.29) is 5.92 Å². The van der Waals surface area contributed by atoms with Gasteiger partial charge in [0.1, 0.15) is 5.56 Å². The molecule has 8 heteroatoms. The van der Waals surface area contributed by atoms with Gasteiger partial charge in [0, 0.05) is 13.1 Å². The number of nitro groups is 1. The molecule has 1 fully saturated rings. The number of hydrogen-bond acceptors (Lipinski definition) is 4. The maximum Gasteiger partial charge on any atom is 0.285 e. The zero-order valence-electron chi connectivity index (χ0n) is 11.4. The Morgan fingerprint density at radius 1 is 1.48 bits per heavy atom. The van der Waals surface area contributed by atoms with Crippen molar-refractivity contribution in [3.63, 3.8) is 0 Å². The molecule has 0 radical (unpaired) electrons. The van der Waals surface area contributed by atoms with E-state index < -0.39 is 33.7 Å². The fourth-order valence-corrected chi connectivity index (χ4v) is 2.50. The van der Waals surface area contributed by atoms with E-state index in [1.54, 1.807) is 7.05 Å². The van der Waals surface area contributed by atoms with Crippen LogP contribution in [0.4, 0.5) is 14.5 Å². The first-order valence-corrected chi connectivity index (χ1v) is 6.51. The monoisotopic (exact) mass is 299 g/mol. The van der Waals surface area contributed by atoms with E-state index in [0.717, 1.165) is 13.0 Å². The summed E-state index contributed by atoms with van der Waals surface area (Å²) in [7, 11) is 1.80. The minimum absolute atomic E-state index is 0.253. The van der Waals surface area contributed by atoms with Gasteiger partial charge in [-0.1, -0.05) is 0 Å². The van der Waals surface area contributed by atoms with Crippen molar-refractivity contribution in [2.24, 2.45) is 5.92 Å². The molecule has 1 aliphatic rings. The van der Waals surface area contributed by atoms with Gasteiger partial charge in [-0.25, -0.2) is 8.78 Å². The summed E-state index contributed by atoms with van der Waals surface area (Å²) in [5.41, 5.74) is -1.13. The molecule has 0 aliphatic carbocycles. The summed E-state index contributed by atoms with van der Waals surface area (Å²) in [6.07, 6.45) is 0.768. The van der Waals surface area contributed by atoms with E-state index in [1.165, 1.54) is 4.90 Å². The first-order valence-electron chi connectivity index (χ1n) is 6.51. The lowest BCUT2D eigenvalue weighted by Crippen LogP contribution is -2.31. The smallest absolute Gasteiger partial charge is 0.285 e. The number of nitrogens with zero attached hydrogens (tertiary/aromatic N) is 2. The highest BCUT2D eigenvalue weighted by molar-refractivity contribution is 5.98. The minimum atomic E-state index is -1.34. The number of halogens is 2. The Morgan fingerprint density at radius 2 is 2.14 bits per heavy atom. The van der Waals surface area contributed by atoms with Gasteiger partial charge in [-0.3, -0.25) is 14.9 Å². The molecular weight excluding hydrogens is 284 g/mol. The zero-order chi connectivity index (χ0) is 15.6. The Kier molecular flexibility index (Phi) is 4.46. The van der Waals surface area contributed by atoms with Gasteiger partial charge in [0.05, 0.1) is 11.0 Å². The molecule has 114 valence electrons. The standard InChI is InChI=1S/C13H15F2N3O3/c1-16-6-8-2-3-17(7-8)13(19)9-4-10(14)11(15)5-12(9)18(20)21/h4-5,8,16H,2-3,6-7H2,1H3. The molecule has 0 spiro atoms. The lowest BCUT2D eigenvalue weighted by molar-refractivity contribution is -0.385. The number of carbonyl (C=O) groups is 1. The minimum Gasteiger partial charge on any atom is -0.338 e. The first kappa shape index (κ1) is 15.3. The number of hydrogen-bond donors (Lipinski definition) is 1. The van der Waals surface area contributed by atoms with E-state index in [0.29, 0.717) is 25.2 Å². The van der Waals surface area contributed by atoms with Gasteiger partial charge in [0.2, 0.25) is 0 Å². The van der Waals surface area contributed by atoms with Crippen LogP contribution in [0.1, 0.15) is 16.8 Å². The summed E-state index contributed by atoms with van der Waals surface area (Å²) in [6.45, 7) is 1.61. The normalized spacial score (nSPS) is 18.0. The first-order chi connectivity index (χ1) is 9.93. The Hall–Kier alpha value is -2.09. The second-order valence-electron chi connectivity index (χ2n) is 5.00. The Morgan fingerprint density at radius 3 is 2.76 bits per heavy atom. The highest BCUT2D eigenvalue weighted by atomic mass is 19.2. The molecular formula is C13H15F2N3O3. The summed E-state index contributed by atoms with van der Waals surface area (Å²) < 4.78 is 26.4. The summed E-state index contributed by atoms with van der Waals surface area (Å²) >= 11 is 0. The van der Waals surface area contributed by atoms with E-state index in [1.807, 2.05) is 0 Å². The summed E-state index contributed by atoms with van der Waals surface area (Å²) in [5, 5.41) is 13.9. The fraction of sp³-hybridized carbons (Fsp3) is 0.462. The number of benzene rings is 1. The molecule has 0 bridgehead atoms. The van der Waals surface area contributed by atoms with Crippen molar-refractivity contribution in [2.45, 2.75) is 6.42 Å². The quantitative estimate of drug-likeness (QED) is 0.676. The van der Waals surface area contributed by atoms with Gasteiger partial charge in [-0.2, -0.15) is 0 Å². The van der Waals surface area contributed by atoms with Gasteiger partial charge in [0.25, 0.3) is 11.6 Å².